The van der Waals surface area contributed by atoms with Crippen molar-refractivity contribution < 1.29 is 9.72 Å². The summed E-state index contributed by atoms with van der Waals surface area (Å²) in [7, 11) is 0. The molecule has 21 heavy (non-hydrogen) atoms. The van der Waals surface area contributed by atoms with Gasteiger partial charge in [-0.1, -0.05) is 18.3 Å². The normalized spacial score (nSPS) is 15.7. The zero-order valence-corrected chi connectivity index (χ0v) is 12.4. The molecule has 1 aliphatic heterocycles. The van der Waals surface area contributed by atoms with Crippen molar-refractivity contribution in [3.63, 3.8) is 0 Å². The first-order valence-corrected chi connectivity index (χ1v) is 7.62. The Morgan fingerprint density at radius 1 is 1.43 bits per heavy atom. The number of imidazole rings is 1. The third-order valence-corrected chi connectivity index (χ3v) is 4.38. The summed E-state index contributed by atoms with van der Waals surface area (Å²) in [6.07, 6.45) is 2.14. The van der Waals surface area contributed by atoms with Crippen LogP contribution in [0.1, 0.15) is 13.3 Å². The zero-order chi connectivity index (χ0) is 15.0. The smallest absolute Gasteiger partial charge is 0.358 e. The lowest BCUT2D eigenvalue weighted by atomic mass is 10.3. The lowest BCUT2D eigenvalue weighted by molar-refractivity contribution is -0.389. The van der Waals surface area contributed by atoms with Crippen LogP contribution in [0.2, 0.25) is 0 Å². The van der Waals surface area contributed by atoms with E-state index in [0.29, 0.717) is 43.4 Å². The van der Waals surface area contributed by atoms with Crippen LogP contribution in [0.5, 0.6) is 0 Å². The van der Waals surface area contributed by atoms with Gasteiger partial charge in [0.25, 0.3) is 4.96 Å². The Morgan fingerprint density at radius 2 is 2.14 bits per heavy atom. The number of piperazine rings is 1. The van der Waals surface area contributed by atoms with E-state index in [-0.39, 0.29) is 11.7 Å². The fraction of sp³-hybridized carbons (Fsp3) is 0.500. The minimum Gasteiger partial charge on any atom is -0.358 e. The number of nitrogens with zero attached hydrogens (tertiary/aromatic N) is 5. The largest absolute Gasteiger partial charge is 0.373 e. The van der Waals surface area contributed by atoms with Crippen molar-refractivity contribution in [1.29, 1.82) is 0 Å². The molecule has 0 atom stereocenters. The van der Waals surface area contributed by atoms with Crippen molar-refractivity contribution in [3.8, 4) is 0 Å². The van der Waals surface area contributed by atoms with Crippen LogP contribution < -0.4 is 4.90 Å². The lowest BCUT2D eigenvalue weighted by Gasteiger charge is -2.34. The predicted molar refractivity (Wildman–Crippen MR) is 78.8 cm³/mol. The molecule has 9 heteroatoms. The van der Waals surface area contributed by atoms with Gasteiger partial charge in [0.15, 0.2) is 0 Å². The summed E-state index contributed by atoms with van der Waals surface area (Å²) in [6.45, 7) is 4.13. The third-order valence-electron chi connectivity index (χ3n) is 3.63. The molecule has 3 heterocycles. The summed E-state index contributed by atoms with van der Waals surface area (Å²) in [5, 5.41) is 13.1. The van der Waals surface area contributed by atoms with E-state index in [1.54, 1.807) is 16.5 Å². The Hall–Kier alpha value is -2.16. The van der Waals surface area contributed by atoms with E-state index in [4.69, 9.17) is 0 Å². The van der Waals surface area contributed by atoms with Gasteiger partial charge in [-0.3, -0.25) is 4.79 Å². The maximum atomic E-state index is 11.7. The molecule has 0 aliphatic carbocycles. The molecule has 2 aromatic rings. The highest BCUT2D eigenvalue weighted by Crippen LogP contribution is 2.31. The molecule has 112 valence electrons. The maximum absolute atomic E-state index is 11.7. The summed E-state index contributed by atoms with van der Waals surface area (Å²) >= 11 is 1.37. The van der Waals surface area contributed by atoms with Crippen LogP contribution in [0.15, 0.2) is 11.6 Å². The number of amides is 1. The molecule has 3 rings (SSSR count). The van der Waals surface area contributed by atoms with E-state index in [0.717, 1.165) is 0 Å². The molecule has 8 nitrogen and oxygen atoms in total. The number of hydrogen-bond donors (Lipinski definition) is 0. The molecular formula is C12H15N5O3S. The lowest BCUT2D eigenvalue weighted by Crippen LogP contribution is -2.48. The second kappa shape index (κ2) is 5.32. The predicted octanol–water partition coefficient (Wildman–Crippen LogP) is 1.36. The first-order chi connectivity index (χ1) is 10.1. The van der Waals surface area contributed by atoms with Crippen molar-refractivity contribution in [2.24, 2.45) is 0 Å². The van der Waals surface area contributed by atoms with Gasteiger partial charge in [-0.15, -0.1) is 0 Å². The van der Waals surface area contributed by atoms with Crippen LogP contribution in [0, 0.1) is 10.1 Å². The number of rotatable bonds is 3. The molecule has 0 spiro atoms. The molecule has 1 saturated heterocycles. The highest BCUT2D eigenvalue weighted by atomic mass is 32.1. The van der Waals surface area contributed by atoms with Gasteiger partial charge in [-0.05, 0) is 4.92 Å². The molecule has 0 aromatic carbocycles. The molecule has 0 saturated carbocycles. The Bertz CT molecular complexity index is 686. The Kier molecular flexibility index (Phi) is 3.50. The number of thiazole rings is 1. The first kappa shape index (κ1) is 13.8. The van der Waals surface area contributed by atoms with Crippen molar-refractivity contribution in [3.05, 3.63) is 21.7 Å². The molecule has 1 aliphatic rings. The van der Waals surface area contributed by atoms with Gasteiger partial charge >= 0.3 is 5.82 Å². The van der Waals surface area contributed by atoms with Crippen LogP contribution in [0.3, 0.4) is 0 Å². The van der Waals surface area contributed by atoms with Gasteiger partial charge in [0.2, 0.25) is 11.7 Å². The standard InChI is InChI=1S/C12H15N5O3S/c1-2-9(18)14-3-5-15(6-4-14)10-11(17(19)20)16-7-8-21-12(16)13-10/h7-8H,2-6H2,1H3. The molecule has 0 bridgehead atoms. The van der Waals surface area contributed by atoms with Crippen molar-refractivity contribution in [1.82, 2.24) is 14.3 Å². The van der Waals surface area contributed by atoms with E-state index in [2.05, 4.69) is 4.98 Å². The minimum atomic E-state index is -0.397. The topological polar surface area (TPSA) is 84.0 Å². The second-order valence-electron chi connectivity index (χ2n) is 4.79. The van der Waals surface area contributed by atoms with Gasteiger partial charge in [0, 0.05) is 38.0 Å². The summed E-state index contributed by atoms with van der Waals surface area (Å²) in [5.41, 5.74) is 0. The molecule has 0 N–H and O–H groups in total. The van der Waals surface area contributed by atoms with Gasteiger partial charge in [0.05, 0.1) is 0 Å². The fourth-order valence-corrected chi connectivity index (χ4v) is 3.24. The number of carbonyl (C=O) groups is 1. The summed E-state index contributed by atoms with van der Waals surface area (Å²) in [5.74, 6) is 0.520. The molecule has 0 unspecified atom stereocenters. The van der Waals surface area contributed by atoms with E-state index < -0.39 is 4.92 Å². The van der Waals surface area contributed by atoms with Crippen molar-refractivity contribution >= 4 is 33.8 Å². The molecule has 0 radical (unpaired) electrons. The maximum Gasteiger partial charge on any atom is 0.373 e. The number of fused-ring (bicyclic) bond motifs is 1. The highest BCUT2D eigenvalue weighted by molar-refractivity contribution is 7.15. The SMILES string of the molecule is CCC(=O)N1CCN(c2nc3sccn3c2[N+](=O)[O-])CC1. The Morgan fingerprint density at radius 3 is 2.76 bits per heavy atom. The van der Waals surface area contributed by atoms with E-state index in [9.17, 15) is 14.9 Å². The third kappa shape index (κ3) is 2.33. The number of nitro groups is 1. The van der Waals surface area contributed by atoms with Crippen LogP contribution >= 0.6 is 11.3 Å². The monoisotopic (exact) mass is 309 g/mol. The van der Waals surface area contributed by atoms with Crippen LogP contribution in [0.25, 0.3) is 4.96 Å². The molecule has 1 fully saturated rings. The number of hydrogen-bond acceptors (Lipinski definition) is 6. The van der Waals surface area contributed by atoms with Crippen LogP contribution in [-0.4, -0.2) is 51.3 Å². The number of anilines is 1. The van der Waals surface area contributed by atoms with E-state index >= 15 is 0 Å². The van der Waals surface area contributed by atoms with Crippen LogP contribution in [0.4, 0.5) is 11.6 Å². The van der Waals surface area contributed by atoms with E-state index in [1.165, 1.54) is 15.7 Å². The number of carbonyl (C=O) groups excluding carboxylic acids is 1. The Balaban J connectivity index is 1.85. The van der Waals surface area contributed by atoms with Crippen LogP contribution in [-0.2, 0) is 4.79 Å². The quantitative estimate of drug-likeness (QED) is 0.631. The molecule has 2 aromatic heterocycles. The molecule has 1 amide bonds. The van der Waals surface area contributed by atoms with Gasteiger partial charge in [-0.2, -0.15) is 9.38 Å². The summed E-state index contributed by atoms with van der Waals surface area (Å²) in [6, 6.07) is 0. The summed E-state index contributed by atoms with van der Waals surface area (Å²) < 4.78 is 1.50. The second-order valence-corrected chi connectivity index (χ2v) is 5.67. The van der Waals surface area contributed by atoms with Crippen molar-refractivity contribution in [2.45, 2.75) is 13.3 Å². The summed E-state index contributed by atoms with van der Waals surface area (Å²) in [4.78, 5) is 31.2. The van der Waals surface area contributed by atoms with Gasteiger partial charge in [-0.25, -0.2) is 0 Å². The zero-order valence-electron chi connectivity index (χ0n) is 11.6. The van der Waals surface area contributed by atoms with Gasteiger partial charge in [0.1, 0.15) is 6.20 Å². The highest BCUT2D eigenvalue weighted by Gasteiger charge is 2.30. The fourth-order valence-electron chi connectivity index (χ4n) is 2.54. The average molecular weight is 309 g/mol. The van der Waals surface area contributed by atoms with Crippen molar-refractivity contribution in [2.75, 3.05) is 31.1 Å². The first-order valence-electron chi connectivity index (χ1n) is 6.74. The number of aromatic nitrogens is 2. The minimum absolute atomic E-state index is 0.00141. The average Bonchev–Trinajstić information content (AvgIpc) is 3.06. The Labute approximate surface area is 124 Å². The van der Waals surface area contributed by atoms with Gasteiger partial charge < -0.3 is 19.9 Å². The molecular weight excluding hydrogens is 294 g/mol. The van der Waals surface area contributed by atoms with E-state index in [1.807, 2.05) is 11.8 Å².